The molecule has 0 aliphatic rings. The molecule has 60 valence electrons. The number of aliphatic hydroxyl groups is 1. The van der Waals surface area contributed by atoms with E-state index in [0.717, 1.165) is 0 Å². The number of carboxylic acid groups (broad SMARTS) is 1. The first kappa shape index (κ1) is 9.35. The van der Waals surface area contributed by atoms with Crippen LogP contribution in [-0.2, 0) is 4.79 Å². The van der Waals surface area contributed by atoms with Crippen LogP contribution < -0.4 is 15.3 Å². The van der Waals surface area contributed by atoms with Crippen molar-refractivity contribution < 1.29 is 25.2 Å². The van der Waals surface area contributed by atoms with Crippen molar-refractivity contribution in [2.24, 2.45) is 0 Å². The quantitative estimate of drug-likeness (QED) is 0.407. The van der Waals surface area contributed by atoms with E-state index in [0.29, 0.717) is 0 Å². The third-order valence-electron chi connectivity index (χ3n) is 0.939. The fourth-order valence-corrected chi connectivity index (χ4v) is 0.412. The van der Waals surface area contributed by atoms with Gasteiger partial charge in [0.2, 0.25) is 0 Å². The van der Waals surface area contributed by atoms with Crippen molar-refractivity contribution in [2.45, 2.75) is 25.2 Å². The topological polar surface area (TPSA) is 106 Å². The van der Waals surface area contributed by atoms with Crippen LogP contribution in [0.15, 0.2) is 0 Å². The Balaban J connectivity index is 3.40. The average molecular weight is 147 g/mol. The lowest BCUT2D eigenvalue weighted by atomic mass is 10.2. The van der Waals surface area contributed by atoms with Gasteiger partial charge in [-0.2, -0.15) is 0 Å². The zero-order chi connectivity index (χ0) is 8.15. The molecule has 0 aliphatic carbocycles. The number of carbonyl (C=O) groups excluding carboxylic acids is 1. The maximum absolute atomic E-state index is 10.2. The summed E-state index contributed by atoms with van der Waals surface area (Å²) >= 11 is 0. The summed E-state index contributed by atoms with van der Waals surface area (Å²) in [6.07, 6.45) is -4.49. The number of hydrogen-bond acceptors (Lipinski definition) is 5. The summed E-state index contributed by atoms with van der Waals surface area (Å²) in [5, 5.41) is 37.9. The minimum absolute atomic E-state index is 0.345. The van der Waals surface area contributed by atoms with Crippen molar-refractivity contribution in [1.29, 1.82) is 0 Å². The van der Waals surface area contributed by atoms with E-state index in [1.807, 2.05) is 0 Å². The molecule has 2 atom stereocenters. The van der Waals surface area contributed by atoms with Gasteiger partial charge >= 0.3 is 0 Å². The van der Waals surface area contributed by atoms with Crippen molar-refractivity contribution in [3.63, 3.8) is 0 Å². The Hall–Kier alpha value is -0.650. The molecule has 0 aliphatic heterocycles. The van der Waals surface area contributed by atoms with Crippen LogP contribution in [-0.4, -0.2) is 23.5 Å². The Labute approximate surface area is 57.5 Å². The molecule has 1 N–H and O–H groups in total. The molecule has 0 bridgehead atoms. The summed E-state index contributed by atoms with van der Waals surface area (Å²) in [6, 6.07) is 0. The summed E-state index contributed by atoms with van der Waals surface area (Å²) in [6.45, 7) is 0. The molecule has 0 fully saturated rings. The summed E-state index contributed by atoms with van der Waals surface area (Å²) in [4.78, 5) is 9.70. The van der Waals surface area contributed by atoms with Crippen LogP contribution in [0.3, 0.4) is 0 Å². The van der Waals surface area contributed by atoms with Gasteiger partial charge in [-0.3, -0.25) is 0 Å². The first-order chi connectivity index (χ1) is 4.54. The average Bonchev–Trinajstić information content (AvgIpc) is 1.82. The van der Waals surface area contributed by atoms with Crippen molar-refractivity contribution in [1.82, 2.24) is 0 Å². The molecule has 0 saturated heterocycles. The second-order valence-corrected chi connectivity index (χ2v) is 1.84. The minimum Gasteiger partial charge on any atom is -0.848 e. The van der Waals surface area contributed by atoms with Gasteiger partial charge in [-0.15, -0.1) is 0 Å². The fourth-order valence-electron chi connectivity index (χ4n) is 0.412. The SMILES string of the molecule is O=C([O-])C([O-])CCC([O-])O. The Kier molecular flexibility index (Phi) is 3.94. The van der Waals surface area contributed by atoms with Gasteiger partial charge in [0.05, 0.1) is 0 Å². The van der Waals surface area contributed by atoms with Crippen LogP contribution >= 0.6 is 0 Å². The molecule has 0 aromatic rings. The number of aliphatic carboxylic acids is 1. The van der Waals surface area contributed by atoms with Crippen LogP contribution in [0.2, 0.25) is 0 Å². The van der Waals surface area contributed by atoms with Gasteiger partial charge < -0.3 is 25.2 Å². The van der Waals surface area contributed by atoms with Crippen molar-refractivity contribution in [3.05, 3.63) is 0 Å². The Morgan fingerprint density at radius 3 is 2.20 bits per heavy atom. The second kappa shape index (κ2) is 4.21. The van der Waals surface area contributed by atoms with Crippen molar-refractivity contribution in [3.8, 4) is 0 Å². The lowest BCUT2D eigenvalue weighted by Gasteiger charge is -2.25. The highest BCUT2D eigenvalue weighted by molar-refractivity contribution is 5.68. The number of hydrogen-bond donors (Lipinski definition) is 1. The third kappa shape index (κ3) is 4.25. The largest absolute Gasteiger partial charge is 0.848 e. The number of rotatable bonds is 4. The van der Waals surface area contributed by atoms with Crippen LogP contribution in [0.4, 0.5) is 0 Å². The standard InChI is InChI=1S/C5H8O5/c6-3(5(9)10)1-2-4(7)8/h3-4,7H,1-2H2,(H,9,10)/q-2/p-1. The second-order valence-electron chi connectivity index (χ2n) is 1.84. The smallest absolute Gasteiger partial charge is 0.0279 e. The van der Waals surface area contributed by atoms with E-state index in [4.69, 9.17) is 5.11 Å². The van der Waals surface area contributed by atoms with Crippen LogP contribution in [0, 0.1) is 0 Å². The lowest BCUT2D eigenvalue weighted by molar-refractivity contribution is -0.489. The summed E-state index contributed by atoms with van der Waals surface area (Å²) in [5.41, 5.74) is 0. The summed E-state index contributed by atoms with van der Waals surface area (Å²) in [5.74, 6) is -1.74. The molecule has 5 heteroatoms. The van der Waals surface area contributed by atoms with E-state index in [2.05, 4.69) is 0 Å². The van der Waals surface area contributed by atoms with Crippen molar-refractivity contribution >= 4 is 5.97 Å². The molecule has 5 nitrogen and oxygen atoms in total. The van der Waals surface area contributed by atoms with Crippen LogP contribution in [0.5, 0.6) is 0 Å². The Morgan fingerprint density at radius 1 is 1.40 bits per heavy atom. The van der Waals surface area contributed by atoms with Gasteiger partial charge in [0, 0.05) is 5.97 Å². The molecule has 0 rings (SSSR count). The van der Waals surface area contributed by atoms with E-state index in [1.54, 1.807) is 0 Å². The van der Waals surface area contributed by atoms with E-state index in [1.165, 1.54) is 0 Å². The minimum atomic E-state index is -1.90. The first-order valence-electron chi connectivity index (χ1n) is 2.74. The zero-order valence-corrected chi connectivity index (χ0v) is 5.15. The van der Waals surface area contributed by atoms with Crippen molar-refractivity contribution in [2.75, 3.05) is 0 Å². The number of aliphatic hydroxyl groups excluding tert-OH is 1. The van der Waals surface area contributed by atoms with Gasteiger partial charge in [0.25, 0.3) is 0 Å². The predicted octanol–water partition coefficient (Wildman–Crippen LogP) is -4.08. The first-order valence-corrected chi connectivity index (χ1v) is 2.74. The maximum Gasteiger partial charge on any atom is 0.0279 e. The highest BCUT2D eigenvalue weighted by Gasteiger charge is 1.94. The van der Waals surface area contributed by atoms with Gasteiger partial charge in [0.15, 0.2) is 0 Å². The highest BCUT2D eigenvalue weighted by Crippen LogP contribution is 1.93. The molecular formula is C5H7O5-3. The van der Waals surface area contributed by atoms with Gasteiger partial charge in [-0.1, -0.05) is 12.5 Å². The van der Waals surface area contributed by atoms with E-state index in [9.17, 15) is 20.1 Å². The summed E-state index contributed by atoms with van der Waals surface area (Å²) < 4.78 is 0. The van der Waals surface area contributed by atoms with Gasteiger partial charge in [-0.05, 0) is 12.7 Å². The zero-order valence-electron chi connectivity index (χ0n) is 5.15. The van der Waals surface area contributed by atoms with E-state index < -0.39 is 18.4 Å². The molecule has 0 heterocycles. The molecule has 0 radical (unpaired) electrons. The van der Waals surface area contributed by atoms with Gasteiger partial charge in [0.1, 0.15) is 0 Å². The summed E-state index contributed by atoms with van der Waals surface area (Å²) in [7, 11) is 0. The molecule has 0 saturated carbocycles. The number of carboxylic acids is 1. The Morgan fingerprint density at radius 2 is 1.90 bits per heavy atom. The predicted molar refractivity (Wildman–Crippen MR) is 24.0 cm³/mol. The third-order valence-corrected chi connectivity index (χ3v) is 0.939. The Bertz CT molecular complexity index is 111. The molecule has 10 heavy (non-hydrogen) atoms. The van der Waals surface area contributed by atoms with Crippen LogP contribution in [0.1, 0.15) is 12.8 Å². The molecule has 0 aromatic heterocycles. The molecule has 0 aromatic carbocycles. The highest BCUT2D eigenvalue weighted by atomic mass is 16.5. The van der Waals surface area contributed by atoms with Crippen LogP contribution in [0.25, 0.3) is 0 Å². The molecule has 0 amide bonds. The normalized spacial score (nSPS) is 16.3. The number of carbonyl (C=O) groups is 1. The molecular weight excluding hydrogens is 140 g/mol. The van der Waals surface area contributed by atoms with Gasteiger partial charge in [-0.25, -0.2) is 0 Å². The fraction of sp³-hybridized carbons (Fsp3) is 0.800. The maximum atomic E-state index is 10.2. The van der Waals surface area contributed by atoms with E-state index >= 15 is 0 Å². The van der Waals surface area contributed by atoms with E-state index in [-0.39, 0.29) is 12.8 Å². The monoisotopic (exact) mass is 147 g/mol. The molecule has 2 unspecified atom stereocenters. The lowest BCUT2D eigenvalue weighted by Crippen LogP contribution is -2.45. The molecule has 0 spiro atoms.